The fourth-order valence-electron chi connectivity index (χ4n) is 5.88. The van der Waals surface area contributed by atoms with Crippen LogP contribution in [0.25, 0.3) is 66.2 Å². The number of nitrogens with one attached hydrogen (secondary N) is 1. The van der Waals surface area contributed by atoms with Gasteiger partial charge in [-0.2, -0.15) is 0 Å². The summed E-state index contributed by atoms with van der Waals surface area (Å²) in [5.74, 6) is 0. The normalized spacial score (nSPS) is 11.3. The van der Waals surface area contributed by atoms with Gasteiger partial charge >= 0.3 is 0 Å². The van der Waals surface area contributed by atoms with Crippen LogP contribution in [0.2, 0.25) is 0 Å². The molecule has 0 saturated carbocycles. The minimum atomic E-state index is 0.915. The van der Waals surface area contributed by atoms with Crippen molar-refractivity contribution in [2.45, 2.75) is 0 Å². The van der Waals surface area contributed by atoms with E-state index in [0.717, 1.165) is 55.3 Å². The third-order valence-electron chi connectivity index (χ3n) is 8.03. The van der Waals surface area contributed by atoms with Crippen LogP contribution in [0, 0.1) is 0 Å². The largest absolute Gasteiger partial charge is 0.356 e. The van der Waals surface area contributed by atoms with E-state index in [1.54, 1.807) is 0 Å². The number of fused-ring (bicyclic) bond motifs is 4. The highest BCUT2D eigenvalue weighted by atomic mass is 14.9. The quantitative estimate of drug-likeness (QED) is 0.171. The number of benzene rings is 6. The van der Waals surface area contributed by atoms with Crippen molar-refractivity contribution < 1.29 is 0 Å². The summed E-state index contributed by atoms with van der Waals surface area (Å²) in [6.45, 7) is 0. The molecule has 0 atom stereocenters. The van der Waals surface area contributed by atoms with Gasteiger partial charge in [0.1, 0.15) is 0 Å². The van der Waals surface area contributed by atoms with Gasteiger partial charge in [-0.25, -0.2) is 9.97 Å². The van der Waals surface area contributed by atoms with Gasteiger partial charge in [0.25, 0.3) is 0 Å². The first kappa shape index (κ1) is 25.0. The van der Waals surface area contributed by atoms with Gasteiger partial charge in [-0.3, -0.25) is 0 Å². The first-order valence-corrected chi connectivity index (χ1v) is 14.5. The Hall–Kier alpha value is -5.80. The first-order valence-electron chi connectivity index (χ1n) is 14.5. The second kappa shape index (κ2) is 10.6. The Morgan fingerprint density at radius 2 is 0.953 bits per heavy atom. The maximum Gasteiger partial charge on any atom is 0.0978 e. The Bertz CT molecular complexity index is 2220. The van der Waals surface area contributed by atoms with Crippen LogP contribution in [0.4, 0.5) is 11.4 Å². The van der Waals surface area contributed by atoms with Crippen molar-refractivity contribution >= 4 is 44.1 Å². The molecule has 2 aromatic heterocycles. The molecular weight excluding hydrogens is 522 g/mol. The highest BCUT2D eigenvalue weighted by Crippen LogP contribution is 2.37. The Morgan fingerprint density at radius 3 is 1.67 bits per heavy atom. The topological polar surface area (TPSA) is 37.8 Å². The molecule has 6 aromatic carbocycles. The van der Waals surface area contributed by atoms with Crippen molar-refractivity contribution in [2.24, 2.45) is 0 Å². The SMILES string of the molecule is c1ccc(-c2ccc(Nc3ccc(-c4ccc5ccc6c(-c7ccccc7)c7ccccc7nc6c5n4)cc3)cc2)cc1. The lowest BCUT2D eigenvalue weighted by molar-refractivity contribution is 1.39. The monoisotopic (exact) mass is 549 g/mol. The Labute approximate surface area is 250 Å². The van der Waals surface area contributed by atoms with E-state index in [-0.39, 0.29) is 0 Å². The van der Waals surface area contributed by atoms with Crippen LogP contribution in [0.3, 0.4) is 0 Å². The predicted molar refractivity (Wildman–Crippen MR) is 181 cm³/mol. The second-order valence-corrected chi connectivity index (χ2v) is 10.7. The van der Waals surface area contributed by atoms with Gasteiger partial charge in [-0.05, 0) is 53.1 Å². The van der Waals surface area contributed by atoms with Crippen LogP contribution < -0.4 is 5.32 Å². The predicted octanol–water partition coefficient (Wildman–Crippen LogP) is 10.7. The lowest BCUT2D eigenvalue weighted by Crippen LogP contribution is -1.93. The first-order chi connectivity index (χ1) is 21.3. The molecule has 0 fully saturated rings. The zero-order valence-electron chi connectivity index (χ0n) is 23.4. The van der Waals surface area contributed by atoms with Crippen LogP contribution in [0.1, 0.15) is 0 Å². The van der Waals surface area contributed by atoms with Gasteiger partial charge in [-0.15, -0.1) is 0 Å². The van der Waals surface area contributed by atoms with E-state index in [1.807, 2.05) is 12.1 Å². The van der Waals surface area contributed by atoms with Crippen LogP contribution in [-0.2, 0) is 0 Å². The zero-order chi connectivity index (χ0) is 28.6. The summed E-state index contributed by atoms with van der Waals surface area (Å²) in [6.07, 6.45) is 0. The number of aromatic nitrogens is 2. The molecule has 202 valence electrons. The molecule has 43 heavy (non-hydrogen) atoms. The van der Waals surface area contributed by atoms with Gasteiger partial charge in [0, 0.05) is 38.7 Å². The van der Waals surface area contributed by atoms with Gasteiger partial charge < -0.3 is 5.32 Å². The smallest absolute Gasteiger partial charge is 0.0978 e. The van der Waals surface area contributed by atoms with Crippen molar-refractivity contribution in [1.82, 2.24) is 9.97 Å². The van der Waals surface area contributed by atoms with Crippen LogP contribution in [-0.4, -0.2) is 9.97 Å². The van der Waals surface area contributed by atoms with Crippen LogP contribution >= 0.6 is 0 Å². The Kier molecular flexibility index (Phi) is 6.12. The van der Waals surface area contributed by atoms with Crippen LogP contribution in [0.15, 0.2) is 158 Å². The highest BCUT2D eigenvalue weighted by Gasteiger charge is 2.14. The summed E-state index contributed by atoms with van der Waals surface area (Å²) in [7, 11) is 0. The average molecular weight is 550 g/mol. The minimum absolute atomic E-state index is 0.915. The number of hydrogen-bond donors (Lipinski definition) is 1. The van der Waals surface area contributed by atoms with E-state index in [2.05, 4.69) is 151 Å². The second-order valence-electron chi connectivity index (χ2n) is 10.7. The third kappa shape index (κ3) is 4.67. The third-order valence-corrected chi connectivity index (χ3v) is 8.03. The van der Waals surface area contributed by atoms with Gasteiger partial charge in [0.15, 0.2) is 0 Å². The molecule has 0 bridgehead atoms. The van der Waals surface area contributed by atoms with E-state index in [1.165, 1.54) is 22.3 Å². The summed E-state index contributed by atoms with van der Waals surface area (Å²) in [6, 6.07) is 55.0. The molecule has 2 heterocycles. The van der Waals surface area contributed by atoms with E-state index >= 15 is 0 Å². The molecule has 0 unspecified atom stereocenters. The van der Waals surface area contributed by atoms with Crippen molar-refractivity contribution in [2.75, 3.05) is 5.32 Å². The maximum absolute atomic E-state index is 5.18. The van der Waals surface area contributed by atoms with Crippen molar-refractivity contribution in [3.8, 4) is 33.5 Å². The number of anilines is 2. The highest BCUT2D eigenvalue weighted by molar-refractivity contribution is 6.16. The number of nitrogens with zero attached hydrogens (tertiary/aromatic N) is 2. The summed E-state index contributed by atoms with van der Waals surface area (Å²) in [5, 5.41) is 6.86. The molecule has 0 aliphatic rings. The fraction of sp³-hybridized carbons (Fsp3) is 0. The molecule has 8 rings (SSSR count). The molecule has 0 radical (unpaired) electrons. The molecule has 0 saturated heterocycles. The van der Waals surface area contributed by atoms with Gasteiger partial charge in [-0.1, -0.05) is 121 Å². The van der Waals surface area contributed by atoms with E-state index in [4.69, 9.17) is 9.97 Å². The molecule has 0 aliphatic heterocycles. The molecular formula is C40H27N3. The van der Waals surface area contributed by atoms with Gasteiger partial charge in [0.05, 0.1) is 22.2 Å². The number of hydrogen-bond acceptors (Lipinski definition) is 3. The summed E-state index contributed by atoms with van der Waals surface area (Å²) >= 11 is 0. The number of para-hydroxylation sites is 1. The Morgan fingerprint density at radius 1 is 0.372 bits per heavy atom. The summed E-state index contributed by atoms with van der Waals surface area (Å²) < 4.78 is 0. The van der Waals surface area contributed by atoms with E-state index in [0.29, 0.717) is 0 Å². The molecule has 3 heteroatoms. The minimum Gasteiger partial charge on any atom is -0.356 e. The lowest BCUT2D eigenvalue weighted by atomic mass is 9.95. The zero-order valence-corrected chi connectivity index (χ0v) is 23.4. The fourth-order valence-corrected chi connectivity index (χ4v) is 5.88. The molecule has 0 spiro atoms. The molecule has 3 nitrogen and oxygen atoms in total. The molecule has 0 amide bonds. The van der Waals surface area contributed by atoms with Crippen molar-refractivity contribution in [3.63, 3.8) is 0 Å². The van der Waals surface area contributed by atoms with E-state index < -0.39 is 0 Å². The van der Waals surface area contributed by atoms with Crippen molar-refractivity contribution in [1.29, 1.82) is 0 Å². The molecule has 8 aromatic rings. The number of rotatable bonds is 5. The molecule has 1 N–H and O–H groups in total. The van der Waals surface area contributed by atoms with E-state index in [9.17, 15) is 0 Å². The molecule has 0 aliphatic carbocycles. The number of pyridine rings is 2. The average Bonchev–Trinajstić information content (AvgIpc) is 3.08. The van der Waals surface area contributed by atoms with Crippen molar-refractivity contribution in [3.05, 3.63) is 158 Å². The van der Waals surface area contributed by atoms with Crippen LogP contribution in [0.5, 0.6) is 0 Å². The van der Waals surface area contributed by atoms with Gasteiger partial charge in [0.2, 0.25) is 0 Å². The lowest BCUT2D eigenvalue weighted by Gasteiger charge is -2.13. The standard InChI is InChI=1S/C40H27N3/c1-3-9-27(10-4-1)28-15-21-32(22-16-28)41-33-23-17-29(18-24-33)36-26-20-31-19-25-35-38(30-11-5-2-6-12-30)34-13-7-8-14-37(34)43-40(35)39(31)42-36/h1-26,41H. The summed E-state index contributed by atoms with van der Waals surface area (Å²) in [5.41, 5.74) is 11.7. The Balaban J connectivity index is 1.15. The summed E-state index contributed by atoms with van der Waals surface area (Å²) in [4.78, 5) is 10.3. The maximum atomic E-state index is 5.18.